The van der Waals surface area contributed by atoms with E-state index in [2.05, 4.69) is 10.3 Å². The van der Waals surface area contributed by atoms with Gasteiger partial charge < -0.3 is 15.0 Å². The third-order valence-corrected chi connectivity index (χ3v) is 3.92. The summed E-state index contributed by atoms with van der Waals surface area (Å²) in [6.07, 6.45) is 0. The minimum Gasteiger partial charge on any atom is -0.462 e. The van der Waals surface area contributed by atoms with Crippen LogP contribution in [0.5, 0.6) is 0 Å². The van der Waals surface area contributed by atoms with E-state index in [0.717, 1.165) is 16.7 Å². The molecule has 1 heterocycles. The van der Waals surface area contributed by atoms with Gasteiger partial charge in [-0.15, -0.1) is 0 Å². The highest BCUT2D eigenvalue weighted by molar-refractivity contribution is 5.93. The summed E-state index contributed by atoms with van der Waals surface area (Å²) in [7, 11) is 0. The molecule has 9 heteroatoms. The van der Waals surface area contributed by atoms with Gasteiger partial charge in [0.2, 0.25) is 5.91 Å². The van der Waals surface area contributed by atoms with Gasteiger partial charge in [0.1, 0.15) is 12.4 Å². The summed E-state index contributed by atoms with van der Waals surface area (Å²) in [5.74, 6) is -1.63. The third kappa shape index (κ3) is 3.98. The van der Waals surface area contributed by atoms with Crippen LogP contribution in [0.25, 0.3) is 11.0 Å². The van der Waals surface area contributed by atoms with E-state index >= 15 is 0 Å². The molecular weight excluding hydrogens is 369 g/mol. The Balaban J connectivity index is 1.82. The Morgan fingerprint density at radius 2 is 1.86 bits per heavy atom. The zero-order valence-electron chi connectivity index (χ0n) is 14.8. The molecule has 0 fully saturated rings. The van der Waals surface area contributed by atoms with Gasteiger partial charge in [-0.1, -0.05) is 0 Å². The fraction of sp³-hybridized carbons (Fsp3) is 0.158. The first-order chi connectivity index (χ1) is 13.4. The number of carbonyl (C=O) groups excluding carboxylic acids is 2. The van der Waals surface area contributed by atoms with E-state index < -0.39 is 35.4 Å². The third-order valence-electron chi connectivity index (χ3n) is 3.92. The zero-order chi connectivity index (χ0) is 20.3. The topological polar surface area (TPSA) is 110 Å². The zero-order valence-corrected chi connectivity index (χ0v) is 14.8. The van der Waals surface area contributed by atoms with E-state index in [-0.39, 0.29) is 17.6 Å². The number of amides is 1. The maximum absolute atomic E-state index is 13.4. The first-order valence-corrected chi connectivity index (χ1v) is 8.38. The first-order valence-electron chi connectivity index (χ1n) is 8.38. The summed E-state index contributed by atoms with van der Waals surface area (Å²) < 4.78 is 19.2. The van der Waals surface area contributed by atoms with Crippen molar-refractivity contribution >= 4 is 28.6 Å². The summed E-state index contributed by atoms with van der Waals surface area (Å²) in [6, 6.07) is 9.51. The number of benzene rings is 2. The molecule has 0 unspecified atom stereocenters. The molecule has 28 heavy (non-hydrogen) atoms. The summed E-state index contributed by atoms with van der Waals surface area (Å²) >= 11 is 0. The number of aromatic nitrogens is 2. The lowest BCUT2D eigenvalue weighted by Crippen LogP contribution is -2.38. The van der Waals surface area contributed by atoms with E-state index in [1.165, 1.54) is 30.3 Å². The SMILES string of the molecule is CCOC(=O)c1ccc(NC(=O)Cn2c(=O)c(=O)[nH]c3cc(F)ccc32)cc1. The van der Waals surface area contributed by atoms with Gasteiger partial charge in [-0.2, -0.15) is 0 Å². The van der Waals surface area contributed by atoms with Crippen LogP contribution in [0.15, 0.2) is 52.1 Å². The fourth-order valence-electron chi connectivity index (χ4n) is 2.66. The number of anilines is 1. The number of carbonyl (C=O) groups is 2. The number of hydrogen-bond donors (Lipinski definition) is 2. The summed E-state index contributed by atoms with van der Waals surface area (Å²) in [5, 5.41) is 2.57. The van der Waals surface area contributed by atoms with Crippen molar-refractivity contribution in [2.24, 2.45) is 0 Å². The number of nitrogens with one attached hydrogen (secondary N) is 2. The van der Waals surface area contributed by atoms with Crippen LogP contribution in [0.4, 0.5) is 10.1 Å². The highest BCUT2D eigenvalue weighted by atomic mass is 19.1. The number of fused-ring (bicyclic) bond motifs is 1. The molecule has 2 N–H and O–H groups in total. The Morgan fingerprint density at radius 1 is 1.14 bits per heavy atom. The quantitative estimate of drug-likeness (QED) is 0.513. The Labute approximate surface area is 157 Å². The maximum Gasteiger partial charge on any atom is 0.338 e. The van der Waals surface area contributed by atoms with Gasteiger partial charge in [0.25, 0.3) is 0 Å². The summed E-state index contributed by atoms with van der Waals surface area (Å²) in [5.41, 5.74) is -0.823. The number of hydrogen-bond acceptors (Lipinski definition) is 5. The Kier molecular flexibility index (Phi) is 5.35. The number of ether oxygens (including phenoxy) is 1. The number of aromatic amines is 1. The maximum atomic E-state index is 13.4. The highest BCUT2D eigenvalue weighted by Crippen LogP contribution is 2.12. The van der Waals surface area contributed by atoms with Crippen LogP contribution >= 0.6 is 0 Å². The number of H-pyrrole nitrogens is 1. The van der Waals surface area contributed by atoms with Crippen LogP contribution in [0.3, 0.4) is 0 Å². The van der Waals surface area contributed by atoms with Gasteiger partial charge in [-0.25, -0.2) is 9.18 Å². The molecule has 0 bridgehead atoms. The number of rotatable bonds is 5. The van der Waals surface area contributed by atoms with Crippen LogP contribution in [0.2, 0.25) is 0 Å². The van der Waals surface area contributed by atoms with Crippen LogP contribution in [-0.2, 0) is 16.1 Å². The van der Waals surface area contributed by atoms with Crippen molar-refractivity contribution in [3.05, 3.63) is 74.6 Å². The van der Waals surface area contributed by atoms with Gasteiger partial charge in [0.05, 0.1) is 23.2 Å². The van der Waals surface area contributed by atoms with E-state index in [4.69, 9.17) is 4.74 Å². The summed E-state index contributed by atoms with van der Waals surface area (Å²) in [4.78, 5) is 50.1. The van der Waals surface area contributed by atoms with Gasteiger partial charge in [0, 0.05) is 5.69 Å². The van der Waals surface area contributed by atoms with Crippen LogP contribution in [0, 0.1) is 5.82 Å². The Bertz CT molecular complexity index is 1160. The molecule has 144 valence electrons. The number of halogens is 1. The standard InChI is InChI=1S/C19H16FN3O5/c1-2-28-19(27)11-3-6-13(7-4-11)21-16(24)10-23-15-8-5-12(20)9-14(15)22-17(25)18(23)26/h3-9H,2,10H2,1H3,(H,21,24)(H,22,25). The van der Waals surface area contributed by atoms with E-state index in [9.17, 15) is 23.6 Å². The molecule has 0 saturated heterocycles. The van der Waals surface area contributed by atoms with Crippen molar-refractivity contribution in [1.29, 1.82) is 0 Å². The molecule has 1 amide bonds. The fourth-order valence-corrected chi connectivity index (χ4v) is 2.66. The van der Waals surface area contributed by atoms with Crippen molar-refractivity contribution in [3.8, 4) is 0 Å². The van der Waals surface area contributed by atoms with Crippen LogP contribution < -0.4 is 16.4 Å². The smallest absolute Gasteiger partial charge is 0.338 e. The first kappa shape index (κ1) is 19.0. The predicted octanol–water partition coefficient (Wildman–Crippen LogP) is 1.64. The van der Waals surface area contributed by atoms with E-state index in [0.29, 0.717) is 11.3 Å². The van der Waals surface area contributed by atoms with E-state index in [1.54, 1.807) is 6.92 Å². The molecule has 3 rings (SSSR count). The van der Waals surface area contributed by atoms with Gasteiger partial charge >= 0.3 is 17.1 Å². The van der Waals surface area contributed by atoms with Crippen molar-refractivity contribution in [2.45, 2.75) is 13.5 Å². The average Bonchev–Trinajstić information content (AvgIpc) is 2.66. The van der Waals surface area contributed by atoms with Crippen LogP contribution in [-0.4, -0.2) is 28.0 Å². The van der Waals surface area contributed by atoms with Gasteiger partial charge in [-0.05, 0) is 49.4 Å². The molecule has 0 aliphatic heterocycles. The molecule has 0 saturated carbocycles. The second-order valence-corrected chi connectivity index (χ2v) is 5.85. The highest BCUT2D eigenvalue weighted by Gasteiger charge is 2.13. The van der Waals surface area contributed by atoms with Gasteiger partial charge in [0.15, 0.2) is 0 Å². The molecule has 0 spiro atoms. The molecule has 0 aliphatic carbocycles. The monoisotopic (exact) mass is 385 g/mol. The van der Waals surface area contributed by atoms with Crippen molar-refractivity contribution in [2.75, 3.05) is 11.9 Å². The summed E-state index contributed by atoms with van der Waals surface area (Å²) in [6.45, 7) is 1.51. The molecule has 0 radical (unpaired) electrons. The van der Waals surface area contributed by atoms with E-state index in [1.807, 2.05) is 0 Å². The number of esters is 1. The largest absolute Gasteiger partial charge is 0.462 e. The Hall–Kier alpha value is -3.75. The van der Waals surface area contributed by atoms with Crippen molar-refractivity contribution in [3.63, 3.8) is 0 Å². The lowest BCUT2D eigenvalue weighted by atomic mass is 10.2. The van der Waals surface area contributed by atoms with Gasteiger partial charge in [-0.3, -0.25) is 19.0 Å². The molecule has 1 aromatic heterocycles. The lowest BCUT2D eigenvalue weighted by Gasteiger charge is -2.10. The second-order valence-electron chi connectivity index (χ2n) is 5.85. The normalized spacial score (nSPS) is 10.6. The predicted molar refractivity (Wildman–Crippen MR) is 99.8 cm³/mol. The molecule has 2 aromatic carbocycles. The molecule has 8 nitrogen and oxygen atoms in total. The minimum absolute atomic E-state index is 0.108. The molecule has 3 aromatic rings. The Morgan fingerprint density at radius 3 is 2.54 bits per heavy atom. The van der Waals surface area contributed by atoms with Crippen molar-refractivity contribution in [1.82, 2.24) is 9.55 Å². The second kappa shape index (κ2) is 7.87. The lowest BCUT2D eigenvalue weighted by molar-refractivity contribution is -0.116. The molecule has 0 aliphatic rings. The van der Waals surface area contributed by atoms with Crippen LogP contribution in [0.1, 0.15) is 17.3 Å². The molecule has 0 atom stereocenters. The minimum atomic E-state index is -0.954. The average molecular weight is 385 g/mol. The van der Waals surface area contributed by atoms with Crippen molar-refractivity contribution < 1.29 is 18.7 Å². The number of nitrogens with zero attached hydrogens (tertiary/aromatic N) is 1. The molecular formula is C19H16FN3O5.